The Hall–Kier alpha value is -2.21. The molecule has 0 aliphatic rings. The third-order valence-corrected chi connectivity index (χ3v) is 3.12. The fraction of sp³-hybridized carbons (Fsp3) is 0.357. The van der Waals surface area contributed by atoms with Crippen LogP contribution in [0.3, 0.4) is 0 Å². The van der Waals surface area contributed by atoms with E-state index in [9.17, 15) is 10.0 Å². The predicted molar refractivity (Wildman–Crippen MR) is 73.0 cm³/mol. The Labute approximate surface area is 117 Å². The van der Waals surface area contributed by atoms with Crippen molar-refractivity contribution in [3.05, 3.63) is 48.3 Å². The summed E-state index contributed by atoms with van der Waals surface area (Å²) >= 11 is 0. The number of hydrogen-bond acceptors (Lipinski definition) is 4. The molecule has 2 aromatic heterocycles. The second-order valence-electron chi connectivity index (χ2n) is 4.95. The minimum absolute atomic E-state index is 0.0216. The first-order valence-corrected chi connectivity index (χ1v) is 6.43. The number of aryl methyl sites for hydroxylation is 1. The van der Waals surface area contributed by atoms with Crippen LogP contribution in [0.2, 0.25) is 0 Å². The molecule has 1 amide bonds. The van der Waals surface area contributed by atoms with Gasteiger partial charge in [-0.15, -0.1) is 0 Å². The average Bonchev–Trinajstić information content (AvgIpc) is 2.85. The fourth-order valence-corrected chi connectivity index (χ4v) is 2.08. The van der Waals surface area contributed by atoms with Crippen LogP contribution in [0, 0.1) is 5.92 Å². The standard InChI is InChI=1S/C14H18N4O2/c1-10(2)12(13-15-7-5-8-16-13)18(20)14(19)11-6-4-9-17(11)3/h4-10,12,20H,1-3H3/t12-/m0/s1. The number of nitrogens with zero attached hydrogens (tertiary/aromatic N) is 4. The van der Waals surface area contributed by atoms with E-state index in [1.807, 2.05) is 13.8 Å². The van der Waals surface area contributed by atoms with Crippen LogP contribution < -0.4 is 0 Å². The van der Waals surface area contributed by atoms with Crippen molar-refractivity contribution in [2.24, 2.45) is 13.0 Å². The Morgan fingerprint density at radius 1 is 1.30 bits per heavy atom. The summed E-state index contributed by atoms with van der Waals surface area (Å²) < 4.78 is 1.66. The van der Waals surface area contributed by atoms with E-state index in [0.29, 0.717) is 11.5 Å². The lowest BCUT2D eigenvalue weighted by Gasteiger charge is -2.27. The summed E-state index contributed by atoms with van der Waals surface area (Å²) in [4.78, 5) is 20.6. The monoisotopic (exact) mass is 274 g/mol. The van der Waals surface area contributed by atoms with Gasteiger partial charge in [0.2, 0.25) is 0 Å². The van der Waals surface area contributed by atoms with Crippen molar-refractivity contribution in [3.63, 3.8) is 0 Å². The molecule has 0 aromatic carbocycles. The van der Waals surface area contributed by atoms with Crippen LogP contribution >= 0.6 is 0 Å². The highest BCUT2D eigenvalue weighted by Gasteiger charge is 2.30. The molecule has 2 heterocycles. The summed E-state index contributed by atoms with van der Waals surface area (Å²) in [5, 5.41) is 11.0. The molecule has 0 spiro atoms. The van der Waals surface area contributed by atoms with Gasteiger partial charge in [-0.25, -0.2) is 15.0 Å². The second kappa shape index (κ2) is 5.83. The normalized spacial score (nSPS) is 12.4. The fourth-order valence-electron chi connectivity index (χ4n) is 2.08. The van der Waals surface area contributed by atoms with Crippen LogP contribution in [0.1, 0.15) is 36.2 Å². The summed E-state index contributed by atoms with van der Waals surface area (Å²) in [5.41, 5.74) is 0.411. The molecule has 6 heteroatoms. The van der Waals surface area contributed by atoms with Crippen molar-refractivity contribution in [1.29, 1.82) is 0 Å². The van der Waals surface area contributed by atoms with Crippen molar-refractivity contribution in [1.82, 2.24) is 19.6 Å². The molecular formula is C14H18N4O2. The zero-order valence-electron chi connectivity index (χ0n) is 11.8. The number of amides is 1. The van der Waals surface area contributed by atoms with Crippen molar-refractivity contribution >= 4 is 5.91 Å². The average molecular weight is 274 g/mol. The highest BCUT2D eigenvalue weighted by molar-refractivity contribution is 5.92. The molecule has 1 N–H and O–H groups in total. The van der Waals surface area contributed by atoms with E-state index in [1.54, 1.807) is 48.4 Å². The molecule has 2 rings (SSSR count). The maximum atomic E-state index is 12.3. The van der Waals surface area contributed by atoms with E-state index in [2.05, 4.69) is 9.97 Å². The van der Waals surface area contributed by atoms with Crippen LogP contribution in [0.25, 0.3) is 0 Å². The molecule has 0 aliphatic heterocycles. The number of hydrogen-bond donors (Lipinski definition) is 1. The lowest BCUT2D eigenvalue weighted by Crippen LogP contribution is -2.36. The van der Waals surface area contributed by atoms with Gasteiger partial charge in [0.1, 0.15) is 11.7 Å². The number of aromatic nitrogens is 3. The Bertz CT molecular complexity index is 580. The molecule has 20 heavy (non-hydrogen) atoms. The SMILES string of the molecule is CC(C)[C@@H](c1ncccn1)N(O)C(=O)c1cccn1C. The van der Waals surface area contributed by atoms with Crippen LogP contribution in [0.15, 0.2) is 36.8 Å². The van der Waals surface area contributed by atoms with Gasteiger partial charge in [0, 0.05) is 25.6 Å². The molecule has 0 radical (unpaired) electrons. The molecular weight excluding hydrogens is 256 g/mol. The second-order valence-corrected chi connectivity index (χ2v) is 4.95. The first kappa shape index (κ1) is 14.2. The molecule has 2 aromatic rings. The summed E-state index contributed by atoms with van der Waals surface area (Å²) in [7, 11) is 1.75. The first-order chi connectivity index (χ1) is 9.52. The van der Waals surface area contributed by atoms with Crippen LogP contribution in [0.4, 0.5) is 0 Å². The zero-order valence-corrected chi connectivity index (χ0v) is 11.8. The number of hydroxylamine groups is 2. The lowest BCUT2D eigenvalue weighted by molar-refractivity contribution is -0.104. The number of rotatable bonds is 4. The Kier molecular flexibility index (Phi) is 4.14. The van der Waals surface area contributed by atoms with E-state index in [1.165, 1.54) is 0 Å². The van der Waals surface area contributed by atoms with Crippen molar-refractivity contribution in [2.45, 2.75) is 19.9 Å². The van der Waals surface area contributed by atoms with E-state index >= 15 is 0 Å². The molecule has 106 valence electrons. The van der Waals surface area contributed by atoms with Gasteiger partial charge in [0.25, 0.3) is 5.91 Å². The van der Waals surface area contributed by atoms with Gasteiger partial charge in [-0.05, 0) is 24.1 Å². The van der Waals surface area contributed by atoms with Gasteiger partial charge in [0.15, 0.2) is 5.82 Å². The van der Waals surface area contributed by atoms with E-state index in [0.717, 1.165) is 5.06 Å². The number of carbonyl (C=O) groups excluding carboxylic acids is 1. The van der Waals surface area contributed by atoms with Gasteiger partial charge in [0.05, 0.1) is 0 Å². The highest BCUT2D eigenvalue weighted by atomic mass is 16.5. The minimum Gasteiger partial charge on any atom is -0.347 e. The van der Waals surface area contributed by atoms with E-state index < -0.39 is 11.9 Å². The zero-order chi connectivity index (χ0) is 14.7. The summed E-state index contributed by atoms with van der Waals surface area (Å²) in [6.45, 7) is 3.81. The minimum atomic E-state index is -0.585. The molecule has 6 nitrogen and oxygen atoms in total. The Balaban J connectivity index is 2.31. The van der Waals surface area contributed by atoms with Crippen molar-refractivity contribution in [2.75, 3.05) is 0 Å². The van der Waals surface area contributed by atoms with Gasteiger partial charge in [-0.2, -0.15) is 0 Å². The number of carbonyl (C=O) groups is 1. The smallest absolute Gasteiger partial charge is 0.294 e. The maximum Gasteiger partial charge on any atom is 0.294 e. The molecule has 0 saturated carbocycles. The van der Waals surface area contributed by atoms with Gasteiger partial charge < -0.3 is 4.57 Å². The topological polar surface area (TPSA) is 71.2 Å². The summed E-state index contributed by atoms with van der Waals surface area (Å²) in [5.74, 6) is -0.0668. The van der Waals surface area contributed by atoms with Crippen molar-refractivity contribution in [3.8, 4) is 0 Å². The van der Waals surface area contributed by atoms with E-state index in [4.69, 9.17) is 0 Å². The third-order valence-electron chi connectivity index (χ3n) is 3.12. The molecule has 1 atom stereocenters. The first-order valence-electron chi connectivity index (χ1n) is 6.43. The molecule has 0 saturated heterocycles. The highest BCUT2D eigenvalue weighted by Crippen LogP contribution is 2.25. The van der Waals surface area contributed by atoms with Gasteiger partial charge in [-0.3, -0.25) is 10.0 Å². The predicted octanol–water partition coefficient (Wildman–Crippen LogP) is 2.04. The van der Waals surface area contributed by atoms with Crippen LogP contribution in [-0.4, -0.2) is 30.7 Å². The summed E-state index contributed by atoms with van der Waals surface area (Å²) in [6, 6.07) is 4.53. The largest absolute Gasteiger partial charge is 0.347 e. The van der Waals surface area contributed by atoms with Gasteiger partial charge in [-0.1, -0.05) is 13.8 Å². The van der Waals surface area contributed by atoms with Crippen molar-refractivity contribution < 1.29 is 10.0 Å². The van der Waals surface area contributed by atoms with Gasteiger partial charge >= 0.3 is 0 Å². The Morgan fingerprint density at radius 3 is 2.45 bits per heavy atom. The molecule has 0 fully saturated rings. The van der Waals surface area contributed by atoms with Crippen LogP contribution in [0.5, 0.6) is 0 Å². The quantitative estimate of drug-likeness (QED) is 0.684. The van der Waals surface area contributed by atoms with E-state index in [-0.39, 0.29) is 5.92 Å². The maximum absolute atomic E-state index is 12.3. The third kappa shape index (κ3) is 2.70. The molecule has 0 bridgehead atoms. The molecule has 0 unspecified atom stereocenters. The van der Waals surface area contributed by atoms with Crippen LogP contribution in [-0.2, 0) is 7.05 Å². The lowest BCUT2D eigenvalue weighted by atomic mass is 10.0. The summed E-state index contributed by atoms with van der Waals surface area (Å²) in [6.07, 6.45) is 4.95. The molecule has 0 aliphatic carbocycles. The Morgan fingerprint density at radius 2 is 1.95 bits per heavy atom.